The maximum Gasteiger partial charge on any atom is 0.326 e. The maximum absolute atomic E-state index is 12.3. The van der Waals surface area contributed by atoms with E-state index in [2.05, 4.69) is 16.0 Å². The average molecular weight is 416 g/mol. The molecule has 0 radical (unpaired) electrons. The Bertz CT molecular complexity index is 897. The van der Waals surface area contributed by atoms with Gasteiger partial charge in [-0.3, -0.25) is 24.1 Å². The minimum Gasteiger partial charge on any atom is -0.454 e. The molecule has 30 heavy (non-hydrogen) atoms. The predicted molar refractivity (Wildman–Crippen MR) is 105 cm³/mol. The Hall–Kier alpha value is -3.43. The van der Waals surface area contributed by atoms with Gasteiger partial charge in [-0.25, -0.2) is 4.79 Å². The summed E-state index contributed by atoms with van der Waals surface area (Å²) in [5.74, 6) is -2.35. The number of ether oxygens (including phenoxy) is 1. The average Bonchev–Trinajstić information content (AvgIpc) is 3.50. The van der Waals surface area contributed by atoms with Gasteiger partial charge in [0.1, 0.15) is 12.1 Å². The molecule has 0 aromatic heterocycles. The largest absolute Gasteiger partial charge is 0.454 e. The van der Waals surface area contributed by atoms with Crippen molar-refractivity contribution in [2.45, 2.75) is 44.7 Å². The SMILES string of the molecule is CC[C@@]1(C)NC(=O)N(CC(=O)OCC(=O)Nc2ccccc2C(=O)NC2CC2)C1=O. The molecule has 2 aliphatic rings. The fourth-order valence-electron chi connectivity index (χ4n) is 2.92. The van der Waals surface area contributed by atoms with Crippen LogP contribution in [0.2, 0.25) is 0 Å². The number of para-hydroxylation sites is 1. The first-order valence-electron chi connectivity index (χ1n) is 9.73. The zero-order valence-electron chi connectivity index (χ0n) is 16.8. The Balaban J connectivity index is 1.51. The summed E-state index contributed by atoms with van der Waals surface area (Å²) >= 11 is 0. The summed E-state index contributed by atoms with van der Waals surface area (Å²) < 4.78 is 4.89. The fraction of sp³-hybridized carbons (Fsp3) is 0.450. The number of imide groups is 1. The van der Waals surface area contributed by atoms with Crippen LogP contribution in [0.5, 0.6) is 0 Å². The van der Waals surface area contributed by atoms with Crippen LogP contribution in [0.15, 0.2) is 24.3 Å². The van der Waals surface area contributed by atoms with E-state index >= 15 is 0 Å². The summed E-state index contributed by atoms with van der Waals surface area (Å²) in [6, 6.07) is 5.99. The van der Waals surface area contributed by atoms with Gasteiger partial charge in [0.05, 0.1) is 11.3 Å². The van der Waals surface area contributed by atoms with Crippen molar-refractivity contribution < 1.29 is 28.7 Å². The van der Waals surface area contributed by atoms with Crippen LogP contribution in [-0.2, 0) is 19.1 Å². The molecule has 5 amide bonds. The molecule has 1 saturated heterocycles. The van der Waals surface area contributed by atoms with E-state index in [-0.39, 0.29) is 11.9 Å². The number of nitrogens with one attached hydrogen (secondary N) is 3. The summed E-state index contributed by atoms with van der Waals surface area (Å²) in [5, 5.41) is 7.91. The monoisotopic (exact) mass is 416 g/mol. The number of anilines is 1. The Morgan fingerprint density at radius 2 is 1.93 bits per heavy atom. The molecular weight excluding hydrogens is 392 g/mol. The molecule has 2 fully saturated rings. The van der Waals surface area contributed by atoms with Crippen molar-refractivity contribution in [2.24, 2.45) is 0 Å². The number of hydrogen-bond acceptors (Lipinski definition) is 6. The van der Waals surface area contributed by atoms with Gasteiger partial charge in [0.15, 0.2) is 6.61 Å². The van der Waals surface area contributed by atoms with Gasteiger partial charge in [-0.05, 0) is 38.3 Å². The molecule has 1 saturated carbocycles. The molecule has 10 nitrogen and oxygen atoms in total. The van der Waals surface area contributed by atoms with Crippen LogP contribution in [0.25, 0.3) is 0 Å². The number of urea groups is 1. The number of nitrogens with zero attached hydrogens (tertiary/aromatic N) is 1. The van der Waals surface area contributed by atoms with Gasteiger partial charge < -0.3 is 20.7 Å². The highest BCUT2D eigenvalue weighted by atomic mass is 16.5. The van der Waals surface area contributed by atoms with Crippen molar-refractivity contribution in [3.05, 3.63) is 29.8 Å². The second kappa shape index (κ2) is 8.52. The number of esters is 1. The van der Waals surface area contributed by atoms with Gasteiger partial charge in [-0.2, -0.15) is 0 Å². The first-order valence-corrected chi connectivity index (χ1v) is 9.73. The first-order chi connectivity index (χ1) is 14.2. The Morgan fingerprint density at radius 3 is 2.57 bits per heavy atom. The molecule has 1 atom stereocenters. The number of carbonyl (C=O) groups is 5. The van der Waals surface area contributed by atoms with Gasteiger partial charge in [0, 0.05) is 6.04 Å². The molecule has 0 unspecified atom stereocenters. The van der Waals surface area contributed by atoms with Gasteiger partial charge in [-0.1, -0.05) is 19.1 Å². The van der Waals surface area contributed by atoms with Gasteiger partial charge in [0.2, 0.25) is 0 Å². The molecule has 1 aliphatic heterocycles. The molecule has 1 aliphatic carbocycles. The predicted octanol–water partition coefficient (Wildman–Crippen LogP) is 0.781. The molecule has 1 aromatic rings. The number of amides is 5. The van der Waals surface area contributed by atoms with Crippen molar-refractivity contribution in [2.75, 3.05) is 18.5 Å². The molecule has 3 rings (SSSR count). The van der Waals surface area contributed by atoms with Crippen molar-refractivity contribution in [3.63, 3.8) is 0 Å². The van der Waals surface area contributed by atoms with E-state index in [4.69, 9.17) is 4.74 Å². The minimum absolute atomic E-state index is 0.169. The van der Waals surface area contributed by atoms with E-state index in [1.807, 2.05) is 0 Å². The van der Waals surface area contributed by atoms with Crippen LogP contribution in [-0.4, -0.2) is 59.4 Å². The standard InChI is InChI=1S/C20H24N4O6/c1-3-20(2)18(28)24(19(29)23-20)10-16(26)30-11-15(25)22-14-7-5-4-6-13(14)17(27)21-12-8-9-12/h4-7,12H,3,8-11H2,1-2H3,(H,21,27)(H,22,25)(H,23,29)/t20-/m1/s1. The zero-order chi connectivity index (χ0) is 21.9. The third-order valence-electron chi connectivity index (χ3n) is 5.06. The normalized spacial score (nSPS) is 20.5. The highest BCUT2D eigenvalue weighted by Crippen LogP contribution is 2.22. The van der Waals surface area contributed by atoms with Crippen LogP contribution in [0, 0.1) is 0 Å². The van der Waals surface area contributed by atoms with Crippen molar-refractivity contribution in [3.8, 4) is 0 Å². The van der Waals surface area contributed by atoms with Gasteiger partial charge in [0.25, 0.3) is 17.7 Å². The number of rotatable bonds is 8. The van der Waals surface area contributed by atoms with Crippen molar-refractivity contribution in [1.82, 2.24) is 15.5 Å². The molecule has 1 heterocycles. The van der Waals surface area contributed by atoms with E-state index in [9.17, 15) is 24.0 Å². The quantitative estimate of drug-likeness (QED) is 0.424. The Kier molecular flexibility index (Phi) is 6.04. The van der Waals surface area contributed by atoms with Crippen LogP contribution in [0.1, 0.15) is 43.5 Å². The fourth-order valence-corrected chi connectivity index (χ4v) is 2.92. The molecule has 0 spiro atoms. The van der Waals surface area contributed by atoms with Gasteiger partial charge in [-0.15, -0.1) is 0 Å². The summed E-state index contributed by atoms with van der Waals surface area (Å²) in [4.78, 5) is 61.4. The summed E-state index contributed by atoms with van der Waals surface area (Å²) in [7, 11) is 0. The number of benzene rings is 1. The zero-order valence-corrected chi connectivity index (χ0v) is 16.8. The van der Waals surface area contributed by atoms with E-state index in [1.165, 1.54) is 0 Å². The lowest BCUT2D eigenvalue weighted by molar-refractivity contribution is -0.150. The van der Waals surface area contributed by atoms with Crippen LogP contribution in [0.4, 0.5) is 10.5 Å². The number of hydrogen-bond donors (Lipinski definition) is 3. The second-order valence-electron chi connectivity index (χ2n) is 7.51. The Morgan fingerprint density at radius 1 is 1.23 bits per heavy atom. The molecule has 10 heteroatoms. The topological polar surface area (TPSA) is 134 Å². The van der Waals surface area contributed by atoms with E-state index in [1.54, 1.807) is 38.1 Å². The highest BCUT2D eigenvalue weighted by molar-refractivity contribution is 6.08. The second-order valence-corrected chi connectivity index (χ2v) is 7.51. The third-order valence-corrected chi connectivity index (χ3v) is 5.06. The maximum atomic E-state index is 12.3. The molecule has 0 bridgehead atoms. The van der Waals surface area contributed by atoms with Crippen LogP contribution < -0.4 is 16.0 Å². The van der Waals surface area contributed by atoms with E-state index in [0.717, 1.165) is 17.7 Å². The summed E-state index contributed by atoms with van der Waals surface area (Å²) in [5.41, 5.74) is -0.453. The molecule has 1 aromatic carbocycles. The third kappa shape index (κ3) is 4.76. The smallest absolute Gasteiger partial charge is 0.326 e. The lowest BCUT2D eigenvalue weighted by Crippen LogP contribution is -2.43. The lowest BCUT2D eigenvalue weighted by atomic mass is 9.99. The van der Waals surface area contributed by atoms with E-state index in [0.29, 0.717) is 17.7 Å². The number of carbonyl (C=O) groups excluding carboxylic acids is 5. The van der Waals surface area contributed by atoms with Crippen molar-refractivity contribution in [1.29, 1.82) is 0 Å². The lowest BCUT2D eigenvalue weighted by Gasteiger charge is -2.18. The van der Waals surface area contributed by atoms with E-state index < -0.39 is 42.5 Å². The van der Waals surface area contributed by atoms with Crippen molar-refractivity contribution >= 4 is 35.4 Å². The van der Waals surface area contributed by atoms with Crippen LogP contribution in [0.3, 0.4) is 0 Å². The summed E-state index contributed by atoms with van der Waals surface area (Å²) in [6.45, 7) is 2.11. The van der Waals surface area contributed by atoms with Gasteiger partial charge >= 0.3 is 12.0 Å². The highest BCUT2D eigenvalue weighted by Gasteiger charge is 2.47. The first kappa shape index (κ1) is 21.3. The summed E-state index contributed by atoms with van der Waals surface area (Å²) in [6.07, 6.45) is 2.25. The molecular formula is C20H24N4O6. The molecule has 160 valence electrons. The van der Waals surface area contributed by atoms with Crippen LogP contribution >= 0.6 is 0 Å². The Labute approximate surface area is 173 Å². The molecule has 3 N–H and O–H groups in total. The minimum atomic E-state index is -1.06.